The Morgan fingerprint density at radius 2 is 2.09 bits per heavy atom. The number of carbonyl (C=O) groups excluding carboxylic acids is 1. The molecule has 1 N–H and O–H groups in total. The van der Waals surface area contributed by atoms with Gasteiger partial charge in [0.2, 0.25) is 0 Å². The Morgan fingerprint density at radius 1 is 1.23 bits per heavy atom. The fourth-order valence-corrected chi connectivity index (χ4v) is 5.50. The lowest BCUT2D eigenvalue weighted by atomic mass is 9.95. The molecule has 1 amide bonds. The van der Waals surface area contributed by atoms with E-state index in [4.69, 9.17) is 8.83 Å². The molecule has 0 atom stereocenters. The average Bonchev–Trinajstić information content (AvgIpc) is 3.61. The molecule has 4 aromatic rings. The molecule has 3 aromatic heterocycles. The number of nitrogens with one attached hydrogen (secondary N) is 1. The zero-order chi connectivity index (χ0) is 24.4. The van der Waals surface area contributed by atoms with E-state index in [0.717, 1.165) is 42.4 Å². The first-order chi connectivity index (χ1) is 17.0. The highest BCUT2D eigenvalue weighted by molar-refractivity contribution is 7.16. The molecule has 178 valence electrons. The van der Waals surface area contributed by atoms with Gasteiger partial charge >= 0.3 is 0 Å². The van der Waals surface area contributed by atoms with E-state index in [-0.39, 0.29) is 11.6 Å². The van der Waals surface area contributed by atoms with Gasteiger partial charge in [-0.25, -0.2) is 4.99 Å². The molecule has 0 saturated carbocycles. The lowest BCUT2D eigenvalue weighted by Gasteiger charge is -2.12. The molecule has 1 aliphatic rings. The topological polar surface area (TPSA) is 111 Å². The maximum absolute atomic E-state index is 13.1. The molecule has 0 unspecified atom stereocenters. The van der Waals surface area contributed by atoms with Crippen LogP contribution in [0.1, 0.15) is 50.7 Å². The van der Waals surface area contributed by atoms with Gasteiger partial charge in [0, 0.05) is 22.6 Å². The van der Waals surface area contributed by atoms with Gasteiger partial charge in [-0.3, -0.25) is 14.9 Å². The third-order valence-electron chi connectivity index (χ3n) is 6.01. The molecule has 0 spiro atoms. The molecular formula is C26H23N3O5S. The smallest absolute Gasteiger partial charge is 0.269 e. The van der Waals surface area contributed by atoms with Gasteiger partial charge in [-0.15, -0.1) is 11.3 Å². The van der Waals surface area contributed by atoms with E-state index in [1.54, 1.807) is 42.0 Å². The highest BCUT2D eigenvalue weighted by atomic mass is 32.1. The second-order valence-corrected chi connectivity index (χ2v) is 9.45. The van der Waals surface area contributed by atoms with Gasteiger partial charge < -0.3 is 14.2 Å². The zero-order valence-electron chi connectivity index (χ0n) is 19.1. The third-order valence-corrected chi connectivity index (χ3v) is 7.20. The summed E-state index contributed by atoms with van der Waals surface area (Å²) < 4.78 is 11.3. The molecule has 1 aromatic carbocycles. The number of nitrogens with zero attached hydrogens (tertiary/aromatic N) is 2. The van der Waals surface area contributed by atoms with Crippen LogP contribution in [0.25, 0.3) is 11.3 Å². The van der Waals surface area contributed by atoms with Crippen molar-refractivity contribution in [3.8, 4) is 11.3 Å². The van der Waals surface area contributed by atoms with E-state index in [1.165, 1.54) is 17.0 Å². The predicted molar refractivity (Wildman–Crippen MR) is 134 cm³/mol. The van der Waals surface area contributed by atoms with Crippen molar-refractivity contribution in [2.24, 2.45) is 4.99 Å². The number of nitro benzene ring substituents is 1. The Labute approximate surface area is 205 Å². The van der Waals surface area contributed by atoms with Crippen molar-refractivity contribution < 1.29 is 18.6 Å². The van der Waals surface area contributed by atoms with Crippen molar-refractivity contribution >= 4 is 34.1 Å². The summed E-state index contributed by atoms with van der Waals surface area (Å²) in [5, 5.41) is 14.6. The quantitative estimate of drug-likeness (QED) is 0.184. The first kappa shape index (κ1) is 22.8. The number of thiophene rings is 1. The van der Waals surface area contributed by atoms with Gasteiger partial charge in [-0.1, -0.05) is 0 Å². The van der Waals surface area contributed by atoms with Crippen LogP contribution in [0, 0.1) is 17.0 Å². The summed E-state index contributed by atoms with van der Waals surface area (Å²) in [5.41, 5.74) is 3.29. The van der Waals surface area contributed by atoms with Crippen LogP contribution in [0.4, 0.5) is 10.7 Å². The molecule has 0 bridgehead atoms. The molecular weight excluding hydrogens is 466 g/mol. The molecule has 5 rings (SSSR count). The summed E-state index contributed by atoms with van der Waals surface area (Å²) in [6, 6.07) is 11.9. The van der Waals surface area contributed by atoms with Gasteiger partial charge in [-0.2, -0.15) is 0 Å². The number of amides is 1. The summed E-state index contributed by atoms with van der Waals surface area (Å²) in [6.45, 7) is 2.12. The Morgan fingerprint density at radius 3 is 2.86 bits per heavy atom. The number of hydrogen-bond acceptors (Lipinski definition) is 7. The normalized spacial score (nSPS) is 13.2. The van der Waals surface area contributed by atoms with Crippen molar-refractivity contribution in [3.63, 3.8) is 0 Å². The monoisotopic (exact) mass is 489 g/mol. The number of hydrogen-bond donors (Lipinski definition) is 1. The summed E-state index contributed by atoms with van der Waals surface area (Å²) in [5.74, 6) is 1.67. The van der Waals surface area contributed by atoms with Gasteiger partial charge in [0.05, 0.1) is 29.5 Å². The van der Waals surface area contributed by atoms with E-state index in [9.17, 15) is 14.9 Å². The van der Waals surface area contributed by atoms with Crippen LogP contribution < -0.4 is 5.32 Å². The van der Waals surface area contributed by atoms with Gasteiger partial charge in [0.1, 0.15) is 22.3 Å². The number of fused-ring (bicyclic) bond motifs is 1. The van der Waals surface area contributed by atoms with Crippen molar-refractivity contribution in [2.75, 3.05) is 0 Å². The largest absolute Gasteiger partial charge is 0.467 e. The fraction of sp³-hybridized carbons (Fsp3) is 0.231. The molecule has 9 heteroatoms. The fourth-order valence-electron chi connectivity index (χ4n) is 4.27. The zero-order valence-corrected chi connectivity index (χ0v) is 19.9. The van der Waals surface area contributed by atoms with Crippen molar-refractivity contribution in [3.05, 3.63) is 91.9 Å². The van der Waals surface area contributed by atoms with E-state index in [0.29, 0.717) is 34.4 Å². The van der Waals surface area contributed by atoms with Gasteiger partial charge in [0.25, 0.3) is 11.6 Å². The molecule has 8 nitrogen and oxygen atoms in total. The summed E-state index contributed by atoms with van der Waals surface area (Å²) >= 11 is 1.56. The molecule has 0 fully saturated rings. The van der Waals surface area contributed by atoms with Crippen molar-refractivity contribution in [1.29, 1.82) is 0 Å². The minimum absolute atomic E-state index is 0.0408. The maximum atomic E-state index is 13.1. The molecule has 0 aliphatic heterocycles. The first-order valence-electron chi connectivity index (χ1n) is 11.3. The number of furan rings is 2. The summed E-state index contributed by atoms with van der Waals surface area (Å²) in [4.78, 5) is 29.6. The van der Waals surface area contributed by atoms with Gasteiger partial charge in [-0.05, 0) is 74.1 Å². The van der Waals surface area contributed by atoms with E-state index < -0.39 is 4.92 Å². The number of non-ortho nitro benzene ring substituents is 1. The van der Waals surface area contributed by atoms with E-state index in [2.05, 4.69) is 10.3 Å². The van der Waals surface area contributed by atoms with E-state index >= 15 is 0 Å². The minimum Gasteiger partial charge on any atom is -0.467 e. The Hall–Kier alpha value is -3.98. The predicted octanol–water partition coefficient (Wildman–Crippen LogP) is 6.38. The molecule has 3 heterocycles. The number of benzene rings is 1. The number of nitro groups is 1. The van der Waals surface area contributed by atoms with Crippen LogP contribution in [-0.4, -0.2) is 17.0 Å². The summed E-state index contributed by atoms with van der Waals surface area (Å²) in [7, 11) is 0. The SMILES string of the molecule is Cc1cc([N+](=O)[O-])ccc1-c1ccc(C=Nc2sc3c(c2C(=O)NCc2ccco2)CCCC3)o1. The second kappa shape index (κ2) is 9.71. The van der Waals surface area contributed by atoms with Crippen LogP contribution in [0.5, 0.6) is 0 Å². The highest BCUT2D eigenvalue weighted by Gasteiger charge is 2.25. The van der Waals surface area contributed by atoms with Crippen LogP contribution in [0.3, 0.4) is 0 Å². The first-order valence-corrected chi connectivity index (χ1v) is 12.2. The van der Waals surface area contributed by atoms with Crippen LogP contribution in [0.15, 0.2) is 62.6 Å². The molecule has 0 radical (unpaired) electrons. The van der Waals surface area contributed by atoms with E-state index in [1.807, 2.05) is 19.1 Å². The maximum Gasteiger partial charge on any atom is 0.269 e. The van der Waals surface area contributed by atoms with Crippen LogP contribution >= 0.6 is 11.3 Å². The van der Waals surface area contributed by atoms with Crippen LogP contribution in [-0.2, 0) is 19.4 Å². The summed E-state index contributed by atoms with van der Waals surface area (Å²) in [6.07, 6.45) is 7.19. The van der Waals surface area contributed by atoms with Crippen molar-refractivity contribution in [1.82, 2.24) is 5.32 Å². The Bertz CT molecular complexity index is 1410. The lowest BCUT2D eigenvalue weighted by molar-refractivity contribution is -0.384. The average molecular weight is 490 g/mol. The molecule has 35 heavy (non-hydrogen) atoms. The molecule has 1 aliphatic carbocycles. The molecule has 0 saturated heterocycles. The standard InChI is InChI=1S/C26H23N3O5S/c1-16-13-17(29(31)32)8-10-20(16)22-11-9-19(34-22)15-28-26-24(21-6-2-3-7-23(21)35-26)25(30)27-14-18-5-4-12-33-18/h4-5,8-13,15H,2-3,6-7,14H2,1H3,(H,27,30). The van der Waals surface area contributed by atoms with Gasteiger partial charge in [0.15, 0.2) is 0 Å². The Balaban J connectivity index is 1.39. The third kappa shape index (κ3) is 4.81. The number of carbonyl (C=O) groups is 1. The van der Waals surface area contributed by atoms with Crippen LogP contribution in [0.2, 0.25) is 0 Å². The number of rotatable bonds is 7. The minimum atomic E-state index is -0.417. The second-order valence-electron chi connectivity index (χ2n) is 8.37. The Kier molecular flexibility index (Phi) is 6.33. The van der Waals surface area contributed by atoms with Crippen molar-refractivity contribution in [2.45, 2.75) is 39.2 Å². The lowest BCUT2D eigenvalue weighted by Crippen LogP contribution is -2.23. The highest BCUT2D eigenvalue weighted by Crippen LogP contribution is 2.40. The number of aryl methyl sites for hydroxylation is 2. The number of aliphatic imine (C=N–C) groups is 1.